The highest BCUT2D eigenvalue weighted by atomic mass is 15.2. The molecular formula is C27H35N. The van der Waals surface area contributed by atoms with Crippen molar-refractivity contribution >= 4 is 5.70 Å². The molecule has 3 rings (SSSR count). The molecule has 1 aliphatic heterocycles. The highest BCUT2D eigenvalue weighted by molar-refractivity contribution is 5.62. The Morgan fingerprint density at radius 2 is 1.64 bits per heavy atom. The van der Waals surface area contributed by atoms with Crippen molar-refractivity contribution in [3.8, 4) is 0 Å². The Balaban J connectivity index is 1.55. The van der Waals surface area contributed by atoms with Gasteiger partial charge in [0.1, 0.15) is 0 Å². The van der Waals surface area contributed by atoms with Crippen LogP contribution in [0.15, 0.2) is 67.3 Å². The fourth-order valence-electron chi connectivity index (χ4n) is 4.06. The van der Waals surface area contributed by atoms with Crippen LogP contribution in [-0.4, -0.2) is 18.0 Å². The minimum atomic E-state index is 0.204. The number of likely N-dealkylation sites (tertiary alicyclic amines) is 1. The summed E-state index contributed by atoms with van der Waals surface area (Å²) < 4.78 is 0. The van der Waals surface area contributed by atoms with E-state index in [1.165, 1.54) is 27.8 Å². The number of hydrogen-bond donors (Lipinski definition) is 0. The lowest BCUT2D eigenvalue weighted by molar-refractivity contribution is 0.174. The van der Waals surface area contributed by atoms with Gasteiger partial charge in [0.2, 0.25) is 0 Å². The SMILES string of the molecule is C=C(C)CCc1ccc(C(=C)N2CC(Cc3ccccc3C(C)(C)C)C2)cc1. The molecule has 1 heteroatoms. The Hall–Kier alpha value is -2.28. The maximum atomic E-state index is 4.36. The van der Waals surface area contributed by atoms with E-state index in [2.05, 4.69) is 94.3 Å². The van der Waals surface area contributed by atoms with Crippen LogP contribution in [-0.2, 0) is 18.3 Å². The van der Waals surface area contributed by atoms with Crippen LogP contribution < -0.4 is 0 Å². The summed E-state index contributed by atoms with van der Waals surface area (Å²) in [6, 6.07) is 17.9. The van der Waals surface area contributed by atoms with Gasteiger partial charge < -0.3 is 4.90 Å². The summed E-state index contributed by atoms with van der Waals surface area (Å²) in [6.07, 6.45) is 3.29. The Labute approximate surface area is 171 Å². The third kappa shape index (κ3) is 4.95. The molecule has 1 fully saturated rings. The van der Waals surface area contributed by atoms with E-state index in [1.54, 1.807) is 0 Å². The predicted molar refractivity (Wildman–Crippen MR) is 123 cm³/mol. The first-order valence-electron chi connectivity index (χ1n) is 10.5. The summed E-state index contributed by atoms with van der Waals surface area (Å²) in [5.41, 5.74) is 8.22. The van der Waals surface area contributed by atoms with Gasteiger partial charge in [-0.2, -0.15) is 0 Å². The maximum absolute atomic E-state index is 4.36. The molecule has 28 heavy (non-hydrogen) atoms. The number of benzene rings is 2. The lowest BCUT2D eigenvalue weighted by atomic mass is 9.80. The molecule has 0 spiro atoms. The van der Waals surface area contributed by atoms with Gasteiger partial charge in [0.15, 0.2) is 0 Å². The van der Waals surface area contributed by atoms with Crippen molar-refractivity contribution in [3.05, 3.63) is 89.5 Å². The smallest absolute Gasteiger partial charge is 0.0367 e. The summed E-state index contributed by atoms with van der Waals surface area (Å²) in [5.74, 6) is 0.718. The van der Waals surface area contributed by atoms with Crippen molar-refractivity contribution in [1.29, 1.82) is 0 Å². The Bertz CT molecular complexity index is 829. The van der Waals surface area contributed by atoms with Gasteiger partial charge in [0.25, 0.3) is 0 Å². The van der Waals surface area contributed by atoms with Crippen molar-refractivity contribution in [3.63, 3.8) is 0 Å². The fraction of sp³-hybridized carbons (Fsp3) is 0.407. The van der Waals surface area contributed by atoms with E-state index in [0.29, 0.717) is 0 Å². The lowest BCUT2D eigenvalue weighted by Gasteiger charge is -2.43. The second kappa shape index (κ2) is 8.39. The van der Waals surface area contributed by atoms with Gasteiger partial charge in [-0.3, -0.25) is 0 Å². The van der Waals surface area contributed by atoms with Crippen LogP contribution >= 0.6 is 0 Å². The normalized spacial score (nSPS) is 14.6. The fourth-order valence-corrected chi connectivity index (χ4v) is 4.06. The number of allylic oxidation sites excluding steroid dienone is 1. The van der Waals surface area contributed by atoms with Crippen LogP contribution in [0.3, 0.4) is 0 Å². The van der Waals surface area contributed by atoms with Crippen molar-refractivity contribution in [2.45, 2.75) is 52.4 Å². The van der Waals surface area contributed by atoms with Gasteiger partial charge in [0.05, 0.1) is 0 Å². The van der Waals surface area contributed by atoms with Gasteiger partial charge in [0, 0.05) is 18.8 Å². The summed E-state index contributed by atoms with van der Waals surface area (Å²) >= 11 is 0. The predicted octanol–water partition coefficient (Wildman–Crippen LogP) is 6.64. The zero-order chi connectivity index (χ0) is 20.3. The third-order valence-corrected chi connectivity index (χ3v) is 5.80. The lowest BCUT2D eigenvalue weighted by Crippen LogP contribution is -2.46. The first kappa shape index (κ1) is 20.5. The van der Waals surface area contributed by atoms with Crippen molar-refractivity contribution < 1.29 is 0 Å². The molecule has 148 valence electrons. The van der Waals surface area contributed by atoms with E-state index in [0.717, 1.165) is 44.0 Å². The van der Waals surface area contributed by atoms with Crippen molar-refractivity contribution in [1.82, 2.24) is 4.90 Å². The van der Waals surface area contributed by atoms with E-state index in [1.807, 2.05) is 0 Å². The van der Waals surface area contributed by atoms with Gasteiger partial charge in [-0.05, 0) is 59.8 Å². The molecular weight excluding hydrogens is 338 g/mol. The van der Waals surface area contributed by atoms with E-state index in [9.17, 15) is 0 Å². The van der Waals surface area contributed by atoms with Crippen LogP contribution in [0.1, 0.15) is 56.4 Å². The molecule has 0 radical (unpaired) electrons. The zero-order valence-corrected chi connectivity index (χ0v) is 18.1. The molecule has 0 aromatic heterocycles. The van der Waals surface area contributed by atoms with Crippen LogP contribution in [0.2, 0.25) is 0 Å². The molecule has 0 unspecified atom stereocenters. The minimum Gasteiger partial charge on any atom is -0.371 e. The topological polar surface area (TPSA) is 3.24 Å². The van der Waals surface area contributed by atoms with Crippen molar-refractivity contribution in [2.75, 3.05) is 13.1 Å². The molecule has 1 saturated heterocycles. The van der Waals surface area contributed by atoms with Crippen LogP contribution in [0, 0.1) is 5.92 Å². The molecule has 1 aliphatic rings. The molecule has 0 aliphatic carbocycles. The average molecular weight is 374 g/mol. The van der Waals surface area contributed by atoms with Gasteiger partial charge in [-0.15, -0.1) is 6.58 Å². The zero-order valence-electron chi connectivity index (χ0n) is 18.1. The molecule has 0 saturated carbocycles. The minimum absolute atomic E-state index is 0.204. The summed E-state index contributed by atoms with van der Waals surface area (Å²) in [4.78, 5) is 2.42. The first-order valence-corrected chi connectivity index (χ1v) is 10.5. The summed E-state index contributed by atoms with van der Waals surface area (Å²) in [7, 11) is 0. The second-order valence-electron chi connectivity index (χ2n) is 9.48. The molecule has 0 amide bonds. The summed E-state index contributed by atoms with van der Waals surface area (Å²) in [6.45, 7) is 19.6. The average Bonchev–Trinajstić information content (AvgIpc) is 2.62. The van der Waals surface area contributed by atoms with Gasteiger partial charge in [-0.25, -0.2) is 0 Å². The van der Waals surface area contributed by atoms with Gasteiger partial charge in [-0.1, -0.05) is 81.5 Å². The van der Waals surface area contributed by atoms with Crippen LogP contribution in [0.25, 0.3) is 5.70 Å². The van der Waals surface area contributed by atoms with Gasteiger partial charge >= 0.3 is 0 Å². The molecule has 0 bridgehead atoms. The molecule has 2 aromatic carbocycles. The highest BCUT2D eigenvalue weighted by Crippen LogP contribution is 2.32. The monoisotopic (exact) mass is 373 g/mol. The summed E-state index contributed by atoms with van der Waals surface area (Å²) in [5, 5.41) is 0. The highest BCUT2D eigenvalue weighted by Gasteiger charge is 2.29. The van der Waals surface area contributed by atoms with E-state index in [4.69, 9.17) is 0 Å². The standard InChI is InChI=1S/C27H35N/c1-20(2)11-12-22-13-15-24(16-14-22)21(3)28-18-23(19-28)17-25-9-7-8-10-26(25)27(4,5)6/h7-10,13-16,23H,1,3,11-12,17-19H2,2,4-6H3. The third-order valence-electron chi connectivity index (χ3n) is 5.80. The first-order chi connectivity index (χ1) is 13.2. The van der Waals surface area contributed by atoms with E-state index in [-0.39, 0.29) is 5.41 Å². The number of nitrogens with zero attached hydrogens (tertiary/aromatic N) is 1. The Morgan fingerprint density at radius 3 is 2.25 bits per heavy atom. The van der Waals surface area contributed by atoms with E-state index >= 15 is 0 Å². The quantitative estimate of drug-likeness (QED) is 0.492. The molecule has 0 N–H and O–H groups in total. The maximum Gasteiger partial charge on any atom is 0.0367 e. The second-order valence-corrected chi connectivity index (χ2v) is 9.48. The van der Waals surface area contributed by atoms with Crippen molar-refractivity contribution in [2.24, 2.45) is 5.92 Å². The van der Waals surface area contributed by atoms with E-state index < -0.39 is 0 Å². The number of aryl methyl sites for hydroxylation is 1. The number of hydrogen-bond acceptors (Lipinski definition) is 1. The van der Waals surface area contributed by atoms with Crippen LogP contribution in [0.5, 0.6) is 0 Å². The van der Waals surface area contributed by atoms with Crippen LogP contribution in [0.4, 0.5) is 0 Å². The molecule has 0 atom stereocenters. The Kier molecular flexibility index (Phi) is 6.13. The molecule has 2 aromatic rings. The molecule has 1 heterocycles. The number of rotatable bonds is 7. The molecule has 1 nitrogen and oxygen atoms in total. The Morgan fingerprint density at radius 1 is 1.00 bits per heavy atom. The largest absolute Gasteiger partial charge is 0.371 e.